The fourth-order valence-electron chi connectivity index (χ4n) is 0.334. The van der Waals surface area contributed by atoms with E-state index in [1.165, 1.54) is 18.2 Å². The van der Waals surface area contributed by atoms with Crippen molar-refractivity contribution in [2.75, 3.05) is 12.4 Å². The molecule has 0 radical (unpaired) electrons. The Morgan fingerprint density at radius 3 is 2.20 bits per heavy atom. The van der Waals surface area contributed by atoms with Gasteiger partial charge < -0.3 is 22.0 Å². The van der Waals surface area contributed by atoms with Crippen molar-refractivity contribution >= 4 is 31.4 Å². The summed E-state index contributed by atoms with van der Waals surface area (Å²) < 4.78 is 47.3. The Balaban J connectivity index is 0. The highest BCUT2D eigenvalue weighted by molar-refractivity contribution is 7.98. The molecule has 0 bridgehead atoms. The van der Waals surface area contributed by atoms with Crippen molar-refractivity contribution in [1.29, 1.82) is 0 Å². The Morgan fingerprint density at radius 1 is 1.40 bits per heavy atom. The van der Waals surface area contributed by atoms with E-state index in [2.05, 4.69) is 9.13 Å². The van der Waals surface area contributed by atoms with Crippen molar-refractivity contribution in [2.24, 2.45) is 4.40 Å². The monoisotopic (exact) mass is 248 g/mol. The molecule has 9 heteroatoms. The van der Waals surface area contributed by atoms with Gasteiger partial charge >= 0.3 is 13.2 Å². The van der Waals surface area contributed by atoms with Crippen LogP contribution in [-0.4, -0.2) is 31.8 Å². The second-order valence-corrected chi connectivity index (χ2v) is 2.95. The molecule has 15 heavy (non-hydrogen) atoms. The molecule has 0 aliphatic heterocycles. The lowest BCUT2D eigenvalue weighted by atomic mass is 10.3. The normalized spacial score (nSPS) is 10.8. The molecular weight excluding hydrogens is 237 g/mol. The maximum Gasteiger partial charge on any atom is 0.673 e. The van der Waals surface area contributed by atoms with Crippen LogP contribution in [0.25, 0.3) is 0 Å². The smallest absolute Gasteiger partial charge is 0.462 e. The van der Waals surface area contributed by atoms with Crippen molar-refractivity contribution in [3.63, 3.8) is 0 Å². The number of hydrogen-bond donors (Lipinski definition) is 0. The van der Waals surface area contributed by atoms with Crippen LogP contribution in [0.15, 0.2) is 4.40 Å². The molecule has 0 saturated heterocycles. The van der Waals surface area contributed by atoms with Gasteiger partial charge in [0.15, 0.2) is 0 Å². The zero-order valence-corrected chi connectivity index (χ0v) is 9.07. The van der Waals surface area contributed by atoms with Crippen molar-refractivity contribution in [3.05, 3.63) is 0 Å². The van der Waals surface area contributed by atoms with Crippen molar-refractivity contribution in [2.45, 2.75) is 13.8 Å². The SMILES string of the molecule is CCOC(=O)C=NSCC.F[B-](F)(F)F. The minimum absolute atomic E-state index is 0.372. The zero-order chi connectivity index (χ0) is 12.3. The van der Waals surface area contributed by atoms with E-state index in [-0.39, 0.29) is 5.97 Å². The summed E-state index contributed by atoms with van der Waals surface area (Å²) in [6.45, 7) is 4.13. The number of nitrogens with zero attached hydrogens (tertiary/aromatic N) is 1. The molecule has 0 amide bonds. The lowest BCUT2D eigenvalue weighted by Gasteiger charge is -1.94. The Bertz CT molecular complexity index is 194. The van der Waals surface area contributed by atoms with Crippen LogP contribution in [0.1, 0.15) is 13.8 Å². The van der Waals surface area contributed by atoms with E-state index in [4.69, 9.17) is 0 Å². The van der Waals surface area contributed by atoms with E-state index < -0.39 is 7.25 Å². The van der Waals surface area contributed by atoms with Gasteiger partial charge in [-0.2, -0.15) is 0 Å². The van der Waals surface area contributed by atoms with Gasteiger partial charge in [-0.25, -0.2) is 9.19 Å². The Hall–Kier alpha value is -0.725. The summed E-state index contributed by atoms with van der Waals surface area (Å²) in [7, 11) is -6.00. The minimum atomic E-state index is -6.00. The number of carbonyl (C=O) groups excluding carboxylic acids is 1. The molecule has 0 aromatic carbocycles. The number of hydrogen-bond acceptors (Lipinski definition) is 4. The molecule has 90 valence electrons. The Labute approximate surface area is 89.5 Å². The van der Waals surface area contributed by atoms with Crippen molar-refractivity contribution in [3.8, 4) is 0 Å². The average Bonchev–Trinajstić information content (AvgIpc) is 2.02. The fourth-order valence-corrected chi connectivity index (χ4v) is 0.644. The van der Waals surface area contributed by atoms with Crippen LogP contribution in [0.5, 0.6) is 0 Å². The topological polar surface area (TPSA) is 38.7 Å². The summed E-state index contributed by atoms with van der Waals surface area (Å²) in [6, 6.07) is 0. The maximum absolute atomic E-state index is 10.5. The van der Waals surface area contributed by atoms with E-state index in [0.29, 0.717) is 6.61 Å². The number of rotatable bonds is 4. The van der Waals surface area contributed by atoms with Gasteiger partial charge in [0.05, 0.1) is 6.61 Å². The first-order valence-corrected chi connectivity index (χ1v) is 4.94. The molecule has 0 aliphatic carbocycles. The Kier molecular flexibility index (Phi) is 10.9. The fraction of sp³-hybridized carbons (Fsp3) is 0.667. The first kappa shape index (κ1) is 16.7. The first-order valence-electron chi connectivity index (χ1n) is 4.00. The molecule has 3 nitrogen and oxygen atoms in total. The molecular formula is C6H11BF4NO2S-. The summed E-state index contributed by atoms with van der Waals surface area (Å²) in [5.41, 5.74) is 0. The van der Waals surface area contributed by atoms with E-state index in [0.717, 1.165) is 5.75 Å². The summed E-state index contributed by atoms with van der Waals surface area (Å²) in [4.78, 5) is 10.5. The number of ether oxygens (including phenoxy) is 1. The molecule has 0 aromatic rings. The van der Waals surface area contributed by atoms with Gasteiger partial charge in [-0.3, -0.25) is 0 Å². The van der Waals surface area contributed by atoms with Gasteiger partial charge in [0.25, 0.3) is 0 Å². The summed E-state index contributed by atoms with van der Waals surface area (Å²) >= 11 is 1.33. The average molecular weight is 248 g/mol. The highest BCUT2D eigenvalue weighted by Gasteiger charge is 2.20. The second kappa shape index (κ2) is 9.82. The second-order valence-electron chi connectivity index (χ2n) is 1.90. The molecule has 0 atom stereocenters. The number of halogens is 4. The van der Waals surface area contributed by atoms with E-state index >= 15 is 0 Å². The van der Waals surface area contributed by atoms with Crippen molar-refractivity contribution < 1.29 is 26.8 Å². The van der Waals surface area contributed by atoms with Crippen LogP contribution in [0, 0.1) is 0 Å². The van der Waals surface area contributed by atoms with Crippen LogP contribution >= 0.6 is 11.9 Å². The molecule has 0 aromatic heterocycles. The number of carbonyl (C=O) groups is 1. The van der Waals surface area contributed by atoms with Gasteiger partial charge in [-0.1, -0.05) is 6.92 Å². The number of esters is 1. The third-order valence-electron chi connectivity index (χ3n) is 0.648. The predicted octanol–water partition coefficient (Wildman–Crippen LogP) is 2.59. The first-order chi connectivity index (χ1) is 6.81. The predicted molar refractivity (Wildman–Crippen MR) is 53.4 cm³/mol. The largest absolute Gasteiger partial charge is 0.673 e. The van der Waals surface area contributed by atoms with Gasteiger partial charge in [-0.15, -0.1) is 0 Å². The quantitative estimate of drug-likeness (QED) is 0.252. The standard InChI is InChI=1S/C6H11NO2S.BF4/c1-3-9-6(8)5-7-10-4-2;2-1(3,4)5/h5H,3-4H2,1-2H3;/q;-1. The van der Waals surface area contributed by atoms with Crippen LogP contribution in [0.2, 0.25) is 0 Å². The zero-order valence-electron chi connectivity index (χ0n) is 8.25. The van der Waals surface area contributed by atoms with E-state index in [1.54, 1.807) is 6.92 Å². The molecule has 0 spiro atoms. The highest BCUT2D eigenvalue weighted by atomic mass is 32.2. The summed E-state index contributed by atoms with van der Waals surface area (Å²) in [5, 5.41) is 0. The van der Waals surface area contributed by atoms with Gasteiger partial charge in [-0.05, 0) is 18.9 Å². The van der Waals surface area contributed by atoms with Crippen LogP contribution in [-0.2, 0) is 9.53 Å². The summed E-state index contributed by atoms with van der Waals surface area (Å²) in [6.07, 6.45) is 1.19. The third-order valence-corrected chi connectivity index (χ3v) is 1.16. The van der Waals surface area contributed by atoms with Crippen LogP contribution < -0.4 is 0 Å². The molecule has 0 saturated carbocycles. The van der Waals surface area contributed by atoms with Crippen LogP contribution in [0.4, 0.5) is 17.3 Å². The van der Waals surface area contributed by atoms with Crippen LogP contribution in [0.3, 0.4) is 0 Å². The molecule has 0 unspecified atom stereocenters. The third kappa shape index (κ3) is 31.9. The van der Waals surface area contributed by atoms with E-state index in [1.807, 2.05) is 6.92 Å². The van der Waals surface area contributed by atoms with Gasteiger partial charge in [0, 0.05) is 5.75 Å². The molecule has 0 aliphatic rings. The van der Waals surface area contributed by atoms with Gasteiger partial charge in [0.2, 0.25) is 0 Å². The molecule has 0 fully saturated rings. The lowest BCUT2D eigenvalue weighted by molar-refractivity contribution is -0.134. The Morgan fingerprint density at radius 2 is 1.87 bits per heavy atom. The summed E-state index contributed by atoms with van der Waals surface area (Å²) in [5.74, 6) is 0.499. The highest BCUT2D eigenvalue weighted by Crippen LogP contribution is 2.06. The van der Waals surface area contributed by atoms with E-state index in [9.17, 15) is 22.1 Å². The molecule has 0 N–H and O–H groups in total. The maximum atomic E-state index is 10.5. The minimum Gasteiger partial charge on any atom is -0.462 e. The van der Waals surface area contributed by atoms with Gasteiger partial charge in [0.1, 0.15) is 6.21 Å². The lowest BCUT2D eigenvalue weighted by Crippen LogP contribution is -2.03. The molecule has 0 rings (SSSR count). The van der Waals surface area contributed by atoms with Crippen molar-refractivity contribution in [1.82, 2.24) is 0 Å². The molecule has 0 heterocycles.